The van der Waals surface area contributed by atoms with Crippen molar-refractivity contribution in [1.82, 2.24) is 0 Å². The van der Waals surface area contributed by atoms with Crippen molar-refractivity contribution in [3.8, 4) is 0 Å². The van der Waals surface area contributed by atoms with Crippen LogP contribution in [0.2, 0.25) is 0 Å². The minimum Gasteiger partial charge on any atom is -0.462 e. The number of rotatable bonds is 1. The largest absolute Gasteiger partial charge is 0.462 e. The third-order valence-corrected chi connectivity index (χ3v) is 8.18. The Hall–Kier alpha value is -1.12. The minimum atomic E-state index is -0.129. The molecule has 0 aromatic carbocycles. The van der Waals surface area contributed by atoms with Crippen molar-refractivity contribution in [2.45, 2.75) is 78.2 Å². The summed E-state index contributed by atoms with van der Waals surface area (Å²) >= 11 is 0. The van der Waals surface area contributed by atoms with Crippen molar-refractivity contribution in [2.75, 3.05) is 0 Å². The number of hydrogen-bond acceptors (Lipinski definition) is 3. The Balaban J connectivity index is 1.62. The summed E-state index contributed by atoms with van der Waals surface area (Å²) in [5.41, 5.74) is 1.82. The number of ether oxygens (including phenoxy) is 1. The lowest BCUT2D eigenvalue weighted by Gasteiger charge is -2.57. The van der Waals surface area contributed by atoms with Gasteiger partial charge >= 0.3 is 5.97 Å². The topological polar surface area (TPSA) is 43.4 Å². The molecule has 0 aliphatic heterocycles. The van der Waals surface area contributed by atoms with E-state index in [2.05, 4.69) is 13.8 Å². The van der Waals surface area contributed by atoms with Gasteiger partial charge in [0.05, 0.1) is 0 Å². The predicted molar refractivity (Wildman–Crippen MR) is 92.3 cm³/mol. The van der Waals surface area contributed by atoms with Crippen LogP contribution < -0.4 is 0 Å². The van der Waals surface area contributed by atoms with E-state index in [1.165, 1.54) is 24.8 Å². The summed E-state index contributed by atoms with van der Waals surface area (Å²) < 4.78 is 5.71. The zero-order chi connectivity index (χ0) is 17.1. The molecular weight excluding hydrogens is 300 g/mol. The Labute approximate surface area is 145 Å². The van der Waals surface area contributed by atoms with Gasteiger partial charge in [-0.25, -0.2) is 0 Å². The SMILES string of the molecule is CC(=O)OC1CC[C@H]2[C@@H]3CCC4=CC(=O)CCC4(C)[C@H]3CC[C@]12C. The summed E-state index contributed by atoms with van der Waals surface area (Å²) in [6.45, 7) is 6.33. The highest BCUT2D eigenvalue weighted by atomic mass is 16.5. The molecule has 3 saturated carbocycles. The summed E-state index contributed by atoms with van der Waals surface area (Å²) in [6, 6.07) is 0. The van der Waals surface area contributed by atoms with Gasteiger partial charge in [0.15, 0.2) is 5.78 Å². The molecule has 0 heterocycles. The Morgan fingerprint density at radius 1 is 1.08 bits per heavy atom. The first-order valence-electron chi connectivity index (χ1n) is 9.76. The maximum absolute atomic E-state index is 11.9. The molecule has 4 aliphatic rings. The molecule has 0 spiro atoms. The number of esters is 1. The van der Waals surface area contributed by atoms with E-state index in [1.807, 2.05) is 6.08 Å². The van der Waals surface area contributed by atoms with Gasteiger partial charge in [-0.2, -0.15) is 0 Å². The molecule has 0 N–H and O–H groups in total. The van der Waals surface area contributed by atoms with Gasteiger partial charge in [-0.15, -0.1) is 0 Å². The Morgan fingerprint density at radius 2 is 1.88 bits per heavy atom. The summed E-state index contributed by atoms with van der Waals surface area (Å²) in [7, 11) is 0. The fourth-order valence-corrected chi connectivity index (χ4v) is 6.91. The normalized spacial score (nSPS) is 47.3. The monoisotopic (exact) mass is 330 g/mol. The molecule has 4 aliphatic carbocycles. The van der Waals surface area contributed by atoms with Crippen LogP contribution in [-0.2, 0) is 14.3 Å². The fourth-order valence-electron chi connectivity index (χ4n) is 6.91. The summed E-state index contributed by atoms with van der Waals surface area (Å²) in [5, 5.41) is 0. The van der Waals surface area contributed by atoms with Crippen LogP contribution >= 0.6 is 0 Å². The first-order valence-corrected chi connectivity index (χ1v) is 9.76. The van der Waals surface area contributed by atoms with Crippen molar-refractivity contribution in [2.24, 2.45) is 28.6 Å². The van der Waals surface area contributed by atoms with Crippen molar-refractivity contribution in [3.63, 3.8) is 0 Å². The number of ketones is 1. The van der Waals surface area contributed by atoms with Gasteiger partial charge in [0.2, 0.25) is 0 Å². The first kappa shape index (κ1) is 16.4. The molecule has 132 valence electrons. The molecule has 4 rings (SSSR count). The first-order chi connectivity index (χ1) is 11.3. The maximum atomic E-state index is 11.9. The molecular formula is C21H30O3. The Morgan fingerprint density at radius 3 is 2.62 bits per heavy atom. The number of hydrogen-bond donors (Lipinski definition) is 0. The van der Waals surface area contributed by atoms with Gasteiger partial charge in [0, 0.05) is 18.8 Å². The quantitative estimate of drug-likeness (QED) is 0.667. The number of carbonyl (C=O) groups excluding carboxylic acids is 2. The van der Waals surface area contributed by atoms with Gasteiger partial charge in [-0.05, 0) is 74.2 Å². The smallest absolute Gasteiger partial charge is 0.302 e. The standard InChI is InChI=1S/C21H30O3/c1-13(22)24-19-7-6-17-16-5-4-14-12-15(23)8-10-20(14,2)18(16)9-11-21(17,19)3/h12,16-19H,4-11H2,1-3H3/t16-,17-,18-,19?,20?,21-/m0/s1. The predicted octanol–water partition coefficient (Wildman–Crippen LogP) is 4.45. The number of allylic oxidation sites excluding steroid dienone is 1. The third kappa shape index (κ3) is 2.23. The molecule has 24 heavy (non-hydrogen) atoms. The fraction of sp³-hybridized carbons (Fsp3) is 0.810. The molecule has 3 heteroatoms. The third-order valence-electron chi connectivity index (χ3n) is 8.18. The summed E-state index contributed by atoms with van der Waals surface area (Å²) in [5.74, 6) is 2.32. The van der Waals surface area contributed by atoms with Crippen molar-refractivity contribution >= 4 is 11.8 Å². The number of fused-ring (bicyclic) bond motifs is 5. The van der Waals surface area contributed by atoms with Crippen molar-refractivity contribution < 1.29 is 14.3 Å². The molecule has 0 aromatic heterocycles. The van der Waals surface area contributed by atoms with E-state index >= 15 is 0 Å². The number of carbonyl (C=O) groups is 2. The lowest BCUT2D eigenvalue weighted by molar-refractivity contribution is -0.157. The van der Waals surface area contributed by atoms with E-state index in [1.54, 1.807) is 6.92 Å². The van der Waals surface area contributed by atoms with Crippen LogP contribution in [0.3, 0.4) is 0 Å². The zero-order valence-electron chi connectivity index (χ0n) is 15.3. The molecule has 0 aromatic rings. The van der Waals surface area contributed by atoms with Crippen LogP contribution in [0.1, 0.15) is 72.1 Å². The highest BCUT2D eigenvalue weighted by Crippen LogP contribution is 2.65. The van der Waals surface area contributed by atoms with Crippen LogP contribution in [0.25, 0.3) is 0 Å². The van der Waals surface area contributed by atoms with E-state index in [-0.39, 0.29) is 22.9 Å². The maximum Gasteiger partial charge on any atom is 0.302 e. The van der Waals surface area contributed by atoms with Crippen LogP contribution in [0.15, 0.2) is 11.6 Å². The summed E-state index contributed by atoms with van der Waals surface area (Å²) in [6.07, 6.45) is 10.8. The van der Waals surface area contributed by atoms with Gasteiger partial charge in [0.25, 0.3) is 0 Å². The van der Waals surface area contributed by atoms with Crippen molar-refractivity contribution in [3.05, 3.63) is 11.6 Å². The van der Waals surface area contributed by atoms with E-state index in [4.69, 9.17) is 4.74 Å². The molecule has 6 atom stereocenters. The lowest BCUT2D eigenvalue weighted by atomic mass is 9.47. The average Bonchev–Trinajstić information content (AvgIpc) is 2.84. The van der Waals surface area contributed by atoms with Crippen LogP contribution in [0, 0.1) is 28.6 Å². The van der Waals surface area contributed by atoms with E-state index in [0.29, 0.717) is 17.6 Å². The molecule has 3 nitrogen and oxygen atoms in total. The van der Waals surface area contributed by atoms with Crippen LogP contribution in [0.4, 0.5) is 0 Å². The molecule has 2 unspecified atom stereocenters. The van der Waals surface area contributed by atoms with Gasteiger partial charge in [-0.1, -0.05) is 19.4 Å². The van der Waals surface area contributed by atoms with E-state index in [0.717, 1.165) is 38.0 Å². The Kier molecular flexibility index (Phi) is 3.71. The molecule has 0 saturated heterocycles. The van der Waals surface area contributed by atoms with E-state index < -0.39 is 0 Å². The summed E-state index contributed by atoms with van der Waals surface area (Å²) in [4.78, 5) is 23.4. The second-order valence-corrected chi connectivity index (χ2v) is 9.19. The van der Waals surface area contributed by atoms with Gasteiger partial charge < -0.3 is 4.74 Å². The highest BCUT2D eigenvalue weighted by molar-refractivity contribution is 5.91. The van der Waals surface area contributed by atoms with E-state index in [9.17, 15) is 9.59 Å². The second kappa shape index (κ2) is 5.44. The van der Waals surface area contributed by atoms with Crippen LogP contribution in [0.5, 0.6) is 0 Å². The lowest BCUT2D eigenvalue weighted by Crippen LogP contribution is -2.51. The second-order valence-electron chi connectivity index (χ2n) is 9.19. The molecule has 0 amide bonds. The Bertz CT molecular complexity index is 606. The molecule has 0 radical (unpaired) electrons. The van der Waals surface area contributed by atoms with Crippen molar-refractivity contribution in [1.29, 1.82) is 0 Å². The molecule has 3 fully saturated rings. The average molecular weight is 330 g/mol. The van der Waals surface area contributed by atoms with Gasteiger partial charge in [-0.3, -0.25) is 9.59 Å². The van der Waals surface area contributed by atoms with Crippen LogP contribution in [-0.4, -0.2) is 17.9 Å². The molecule has 0 bridgehead atoms. The zero-order valence-corrected chi connectivity index (χ0v) is 15.3. The highest BCUT2D eigenvalue weighted by Gasteiger charge is 2.59. The minimum absolute atomic E-state index is 0.110. The van der Waals surface area contributed by atoms with Gasteiger partial charge in [0.1, 0.15) is 6.10 Å².